The van der Waals surface area contributed by atoms with Crippen molar-refractivity contribution in [3.8, 4) is 6.01 Å². The molecule has 0 saturated carbocycles. The average molecular weight is 572 g/mol. The molecule has 1 amide bonds. The van der Waals surface area contributed by atoms with Crippen molar-refractivity contribution >= 4 is 34.9 Å². The molecule has 0 spiro atoms. The maximum absolute atomic E-state index is 12.4. The average Bonchev–Trinajstić information content (AvgIpc) is 3.36. The summed E-state index contributed by atoms with van der Waals surface area (Å²) in [5.41, 5.74) is 2.55. The summed E-state index contributed by atoms with van der Waals surface area (Å²) in [5, 5.41) is 0.960. The van der Waals surface area contributed by atoms with Gasteiger partial charge in [-0.2, -0.15) is 9.97 Å². The zero-order chi connectivity index (χ0) is 27.5. The molecule has 2 saturated heterocycles. The van der Waals surface area contributed by atoms with Gasteiger partial charge in [0.05, 0.1) is 28.5 Å². The lowest BCUT2D eigenvalue weighted by atomic mass is 9.98. The zero-order valence-corrected chi connectivity index (χ0v) is 23.5. The number of amides is 1. The fourth-order valence-corrected chi connectivity index (χ4v) is 6.03. The summed E-state index contributed by atoms with van der Waals surface area (Å²) in [6.07, 6.45) is 3.72. The van der Waals surface area contributed by atoms with Gasteiger partial charge in [-0.15, -0.1) is 0 Å². The number of nitrogens with zero attached hydrogens (tertiary/aromatic N) is 6. The molecule has 3 atom stereocenters. The molecule has 1 aromatic heterocycles. The van der Waals surface area contributed by atoms with E-state index < -0.39 is 0 Å². The van der Waals surface area contributed by atoms with Crippen molar-refractivity contribution < 1.29 is 14.3 Å². The van der Waals surface area contributed by atoms with Gasteiger partial charge in [-0.1, -0.05) is 41.9 Å². The highest BCUT2D eigenvalue weighted by molar-refractivity contribution is 6.42. The van der Waals surface area contributed by atoms with Crippen molar-refractivity contribution in [2.45, 2.75) is 44.1 Å². The first kappa shape index (κ1) is 27.7. The van der Waals surface area contributed by atoms with Gasteiger partial charge in [0, 0.05) is 43.2 Å². The molecule has 1 aromatic carbocycles. The Morgan fingerprint density at radius 1 is 1.28 bits per heavy atom. The molecule has 2 aromatic rings. The van der Waals surface area contributed by atoms with E-state index in [1.54, 1.807) is 11.0 Å². The number of carbonyl (C=O) groups is 1. The minimum Gasteiger partial charge on any atom is -0.462 e. The van der Waals surface area contributed by atoms with Gasteiger partial charge in [-0.3, -0.25) is 4.79 Å². The molecule has 4 heterocycles. The number of hydrogen-bond acceptors (Lipinski definition) is 7. The number of carbonyl (C=O) groups excluding carboxylic acids is 1. The second-order valence-electron chi connectivity index (χ2n) is 10.2. The quantitative estimate of drug-likeness (QED) is 0.365. The molecule has 1 unspecified atom stereocenters. The van der Waals surface area contributed by atoms with Crippen LogP contribution in [0.2, 0.25) is 10.0 Å². The van der Waals surface area contributed by atoms with E-state index in [1.165, 1.54) is 6.08 Å². The molecule has 0 radical (unpaired) electrons. The van der Waals surface area contributed by atoms with Crippen LogP contribution in [0.4, 0.5) is 5.82 Å². The maximum atomic E-state index is 12.4. The monoisotopic (exact) mass is 570 g/mol. The molecule has 5 rings (SSSR count). The van der Waals surface area contributed by atoms with Gasteiger partial charge >= 0.3 is 6.01 Å². The normalized spacial score (nSPS) is 23.3. The van der Waals surface area contributed by atoms with Gasteiger partial charge in [0.25, 0.3) is 0 Å². The van der Waals surface area contributed by atoms with Crippen LogP contribution in [0.5, 0.6) is 6.01 Å². The minimum atomic E-state index is -0.308. The van der Waals surface area contributed by atoms with E-state index in [9.17, 15) is 4.79 Å². The number of anilines is 1. The number of piperazine rings is 1. The van der Waals surface area contributed by atoms with Crippen LogP contribution in [-0.4, -0.2) is 84.1 Å². The Bertz CT molecular complexity index is 1280. The van der Waals surface area contributed by atoms with Crippen molar-refractivity contribution in [3.05, 3.63) is 69.1 Å². The van der Waals surface area contributed by atoms with E-state index in [0.29, 0.717) is 61.4 Å². The largest absolute Gasteiger partial charge is 0.462 e. The zero-order valence-electron chi connectivity index (χ0n) is 22.0. The number of benzene rings is 1. The van der Waals surface area contributed by atoms with E-state index in [2.05, 4.69) is 28.3 Å². The van der Waals surface area contributed by atoms with Gasteiger partial charge in [0.2, 0.25) is 12.5 Å². The number of ether oxygens (including phenoxy) is 2. The molecule has 2 fully saturated rings. The topological polar surface area (TPSA) is 75.4 Å². The molecule has 39 heavy (non-hydrogen) atoms. The molecular weight excluding hydrogens is 539 g/mol. The Labute approximate surface area is 239 Å². The number of likely N-dealkylation sites (N-methyl/N-ethyl adjacent to an activating group) is 1. The predicted octanol–water partition coefficient (Wildman–Crippen LogP) is 4.19. The van der Waals surface area contributed by atoms with Crippen LogP contribution < -0.4 is 9.64 Å². The Morgan fingerprint density at radius 3 is 2.87 bits per heavy atom. The predicted molar refractivity (Wildman–Crippen MR) is 150 cm³/mol. The van der Waals surface area contributed by atoms with Gasteiger partial charge < -0.3 is 29.0 Å². The molecular formula is C28H32Cl2N6O3. The van der Waals surface area contributed by atoms with Crippen LogP contribution in [-0.2, 0) is 22.6 Å². The lowest BCUT2D eigenvalue weighted by Gasteiger charge is -2.40. The number of rotatable bonds is 7. The summed E-state index contributed by atoms with van der Waals surface area (Å²) in [6.45, 7) is 14.6. The molecule has 0 N–H and O–H groups in total. The van der Waals surface area contributed by atoms with Crippen molar-refractivity contribution in [2.24, 2.45) is 0 Å². The molecule has 3 aliphatic rings. The van der Waals surface area contributed by atoms with Crippen LogP contribution in [0.1, 0.15) is 35.8 Å². The summed E-state index contributed by atoms with van der Waals surface area (Å²) in [7, 11) is 2.11. The molecule has 11 heteroatoms. The maximum Gasteiger partial charge on any atom is 0.318 e. The van der Waals surface area contributed by atoms with E-state index in [1.807, 2.05) is 12.1 Å². The molecule has 0 bridgehead atoms. The van der Waals surface area contributed by atoms with Crippen LogP contribution >= 0.6 is 23.2 Å². The highest BCUT2D eigenvalue weighted by atomic mass is 35.5. The second-order valence-corrected chi connectivity index (χ2v) is 11.0. The first-order valence-electron chi connectivity index (χ1n) is 13.2. The molecule has 9 nitrogen and oxygen atoms in total. The Balaban J connectivity index is 1.46. The smallest absolute Gasteiger partial charge is 0.318 e. The third kappa shape index (κ3) is 5.85. The van der Waals surface area contributed by atoms with Gasteiger partial charge in [-0.25, -0.2) is 6.57 Å². The van der Waals surface area contributed by atoms with Crippen LogP contribution in [0, 0.1) is 6.57 Å². The van der Waals surface area contributed by atoms with Crippen molar-refractivity contribution in [1.82, 2.24) is 19.8 Å². The Hall–Kier alpha value is -2.90. The summed E-state index contributed by atoms with van der Waals surface area (Å²) in [5.74, 6) is 0.563. The number of hydrogen-bond donors (Lipinski definition) is 0. The first-order valence-corrected chi connectivity index (χ1v) is 13.9. The fourth-order valence-electron chi connectivity index (χ4n) is 5.60. The van der Waals surface area contributed by atoms with Gasteiger partial charge in [0.15, 0.2) is 0 Å². The number of halogens is 2. The summed E-state index contributed by atoms with van der Waals surface area (Å²) < 4.78 is 12.5. The van der Waals surface area contributed by atoms with Gasteiger partial charge in [-0.05, 0) is 38.6 Å². The number of aromatic nitrogens is 2. The number of likely N-dealkylation sites (tertiary alicyclic amines) is 1. The third-order valence-electron chi connectivity index (χ3n) is 7.80. The third-order valence-corrected chi connectivity index (χ3v) is 8.64. The van der Waals surface area contributed by atoms with E-state index in [4.69, 9.17) is 49.2 Å². The highest BCUT2D eigenvalue weighted by Gasteiger charge is 2.35. The summed E-state index contributed by atoms with van der Waals surface area (Å²) >= 11 is 12.8. The number of fused-ring (bicyclic) bond motifs is 1. The lowest BCUT2D eigenvalue weighted by molar-refractivity contribution is -0.128. The molecule has 3 aliphatic heterocycles. The van der Waals surface area contributed by atoms with Crippen LogP contribution in [0.15, 0.2) is 30.9 Å². The van der Waals surface area contributed by atoms with Crippen LogP contribution in [0.3, 0.4) is 0 Å². The first-order chi connectivity index (χ1) is 18.9. The summed E-state index contributed by atoms with van der Waals surface area (Å²) in [4.78, 5) is 31.8. The standard InChI is InChI=1S/C28H32Cl2N6O3/c1-4-25(37)36-12-11-35(15-19(36)14-31-2)27-21-17-38-24(20-8-5-9-22(29)26(20)30)13-23(21)32-28(33-27)39-16-18-7-6-10-34(18)3/h4-5,8-9,18-19,24H,1,6-7,10-17H2,3H3/t18-,19-,24?/m0/s1. The summed E-state index contributed by atoms with van der Waals surface area (Å²) in [6, 6.07) is 5.92. The van der Waals surface area contributed by atoms with Crippen molar-refractivity contribution in [1.29, 1.82) is 0 Å². The van der Waals surface area contributed by atoms with Crippen LogP contribution in [0.25, 0.3) is 4.85 Å². The van der Waals surface area contributed by atoms with E-state index in [0.717, 1.165) is 42.0 Å². The highest BCUT2D eigenvalue weighted by Crippen LogP contribution is 2.39. The Morgan fingerprint density at radius 2 is 2.13 bits per heavy atom. The second kappa shape index (κ2) is 12.1. The SMILES string of the molecule is [C-]#[N+]C[C@H]1CN(c2nc(OC[C@@H]3CCCN3C)nc3c2COC(c2cccc(Cl)c2Cl)C3)CCN1C(=O)C=C. The lowest BCUT2D eigenvalue weighted by Crippen LogP contribution is -2.56. The fraction of sp³-hybridized carbons (Fsp3) is 0.500. The minimum absolute atomic E-state index is 0.165. The molecule has 206 valence electrons. The van der Waals surface area contributed by atoms with Crippen molar-refractivity contribution in [2.75, 3.05) is 51.3 Å². The van der Waals surface area contributed by atoms with Gasteiger partial charge in [0.1, 0.15) is 18.5 Å². The van der Waals surface area contributed by atoms with E-state index in [-0.39, 0.29) is 24.6 Å². The Kier molecular flexibility index (Phi) is 8.57. The van der Waals surface area contributed by atoms with Crippen molar-refractivity contribution in [3.63, 3.8) is 0 Å². The molecule has 0 aliphatic carbocycles. The van der Waals surface area contributed by atoms with E-state index >= 15 is 0 Å².